The maximum absolute atomic E-state index is 13.0. The van der Waals surface area contributed by atoms with E-state index in [1.54, 1.807) is 42.5 Å². The zero-order valence-electron chi connectivity index (χ0n) is 20.6. The summed E-state index contributed by atoms with van der Waals surface area (Å²) >= 11 is 0. The molecule has 0 aliphatic carbocycles. The number of para-hydroxylation sites is 2. The third kappa shape index (κ3) is 4.69. The second-order valence-corrected chi connectivity index (χ2v) is 10.9. The average molecular weight is 534 g/mol. The van der Waals surface area contributed by atoms with Gasteiger partial charge in [-0.05, 0) is 40.5 Å². The van der Waals surface area contributed by atoms with Crippen molar-refractivity contribution in [2.24, 2.45) is 0 Å². The first-order valence-electron chi connectivity index (χ1n) is 12.3. The molecule has 0 saturated carbocycles. The van der Waals surface area contributed by atoms with E-state index < -0.39 is 22.0 Å². The van der Waals surface area contributed by atoms with Crippen LogP contribution >= 0.6 is 0 Å². The highest BCUT2D eigenvalue weighted by atomic mass is 32.2. The Morgan fingerprint density at radius 3 is 1.95 bits per heavy atom. The summed E-state index contributed by atoms with van der Waals surface area (Å²) in [6, 6.07) is 35.3. The number of furan rings is 1. The van der Waals surface area contributed by atoms with E-state index in [0.29, 0.717) is 5.56 Å². The third-order valence-electron chi connectivity index (χ3n) is 6.75. The molecule has 6 rings (SSSR count). The quantitative estimate of drug-likeness (QED) is 0.230. The Morgan fingerprint density at radius 2 is 1.26 bits per heavy atom. The van der Waals surface area contributed by atoms with Gasteiger partial charge in [0.25, 0.3) is 0 Å². The highest BCUT2D eigenvalue weighted by molar-refractivity contribution is 7.89. The van der Waals surface area contributed by atoms with Crippen molar-refractivity contribution in [3.8, 4) is 22.3 Å². The molecule has 0 saturated heterocycles. The summed E-state index contributed by atoms with van der Waals surface area (Å²) in [7, 11) is -4.07. The van der Waals surface area contributed by atoms with Gasteiger partial charge in [-0.3, -0.25) is 4.79 Å². The first-order chi connectivity index (χ1) is 18.9. The van der Waals surface area contributed by atoms with Crippen molar-refractivity contribution < 1.29 is 22.7 Å². The fourth-order valence-electron chi connectivity index (χ4n) is 4.77. The molecule has 0 radical (unpaired) electrons. The molecule has 0 fully saturated rings. The SMILES string of the molecule is O=C(O)C(NS(=O)(=O)c1ccc(-c2ccc(-c3cccc4c3oc3ccccc34)cc2)cc1)c1ccccc1. The molecule has 1 unspecified atom stereocenters. The average Bonchev–Trinajstić information content (AvgIpc) is 3.35. The van der Waals surface area contributed by atoms with Crippen LogP contribution in [0.4, 0.5) is 0 Å². The molecular weight excluding hydrogens is 510 g/mol. The lowest BCUT2D eigenvalue weighted by Crippen LogP contribution is -2.33. The Hall–Kier alpha value is -4.72. The van der Waals surface area contributed by atoms with Gasteiger partial charge in [0.15, 0.2) is 0 Å². The van der Waals surface area contributed by atoms with Gasteiger partial charge in [0.2, 0.25) is 10.0 Å². The van der Waals surface area contributed by atoms with Crippen molar-refractivity contribution in [1.29, 1.82) is 0 Å². The summed E-state index contributed by atoms with van der Waals surface area (Å²) < 4.78 is 34.4. The van der Waals surface area contributed by atoms with E-state index in [9.17, 15) is 18.3 Å². The highest BCUT2D eigenvalue weighted by Crippen LogP contribution is 2.36. The maximum atomic E-state index is 13.0. The number of carbonyl (C=O) groups is 1. The summed E-state index contributed by atoms with van der Waals surface area (Å²) in [5, 5.41) is 11.7. The van der Waals surface area contributed by atoms with E-state index in [4.69, 9.17) is 4.42 Å². The van der Waals surface area contributed by atoms with E-state index in [1.165, 1.54) is 12.1 Å². The minimum absolute atomic E-state index is 0.0124. The lowest BCUT2D eigenvalue weighted by Gasteiger charge is -2.15. The Balaban J connectivity index is 1.26. The number of fused-ring (bicyclic) bond motifs is 3. The lowest BCUT2D eigenvalue weighted by atomic mass is 9.99. The van der Waals surface area contributed by atoms with Gasteiger partial charge in [0.1, 0.15) is 17.2 Å². The van der Waals surface area contributed by atoms with Crippen LogP contribution in [0.5, 0.6) is 0 Å². The summed E-state index contributed by atoms with van der Waals surface area (Å²) in [4.78, 5) is 11.8. The number of benzene rings is 5. The van der Waals surface area contributed by atoms with Crippen LogP contribution in [0.25, 0.3) is 44.2 Å². The molecule has 2 N–H and O–H groups in total. The molecule has 0 bridgehead atoms. The van der Waals surface area contributed by atoms with Crippen LogP contribution in [0.2, 0.25) is 0 Å². The fraction of sp³-hybridized carbons (Fsp3) is 0.0312. The van der Waals surface area contributed by atoms with Crippen LogP contribution in [0.3, 0.4) is 0 Å². The molecule has 1 aromatic heterocycles. The third-order valence-corrected chi connectivity index (χ3v) is 8.19. The zero-order valence-corrected chi connectivity index (χ0v) is 21.4. The molecule has 1 heterocycles. The van der Waals surface area contributed by atoms with Crippen molar-refractivity contribution >= 4 is 37.9 Å². The molecular formula is C32H23NO5S. The summed E-state index contributed by atoms with van der Waals surface area (Å²) in [6.45, 7) is 0. The highest BCUT2D eigenvalue weighted by Gasteiger charge is 2.26. The Kier molecular flexibility index (Phi) is 6.23. The second-order valence-electron chi connectivity index (χ2n) is 9.19. The number of nitrogens with one attached hydrogen (secondary N) is 1. The number of carboxylic acids is 1. The molecule has 39 heavy (non-hydrogen) atoms. The van der Waals surface area contributed by atoms with E-state index in [2.05, 4.69) is 16.9 Å². The van der Waals surface area contributed by atoms with E-state index in [-0.39, 0.29) is 4.90 Å². The van der Waals surface area contributed by atoms with Crippen LogP contribution in [0, 0.1) is 0 Å². The van der Waals surface area contributed by atoms with Crippen molar-refractivity contribution in [3.63, 3.8) is 0 Å². The van der Waals surface area contributed by atoms with Crippen LogP contribution < -0.4 is 4.72 Å². The van der Waals surface area contributed by atoms with Crippen molar-refractivity contribution in [3.05, 3.63) is 127 Å². The number of hydrogen-bond donors (Lipinski definition) is 2. The normalized spacial score (nSPS) is 12.5. The minimum Gasteiger partial charge on any atom is -0.480 e. The van der Waals surface area contributed by atoms with E-state index in [0.717, 1.165) is 44.2 Å². The number of rotatable bonds is 7. The molecule has 5 aromatic carbocycles. The van der Waals surface area contributed by atoms with Crippen LogP contribution in [-0.4, -0.2) is 19.5 Å². The van der Waals surface area contributed by atoms with Crippen LogP contribution in [0.1, 0.15) is 11.6 Å². The fourth-order valence-corrected chi connectivity index (χ4v) is 5.95. The monoisotopic (exact) mass is 533 g/mol. The number of carboxylic acid groups (broad SMARTS) is 1. The maximum Gasteiger partial charge on any atom is 0.326 e. The zero-order chi connectivity index (χ0) is 27.0. The standard InChI is InChI=1S/C32H23NO5S/c34-32(35)30(24-7-2-1-3-8-24)33-39(36,37)25-19-17-22(18-20-25)21-13-15-23(16-14-21)26-10-6-11-28-27-9-4-5-12-29(27)38-31(26)28/h1-20,30,33H,(H,34,35). The van der Waals surface area contributed by atoms with Gasteiger partial charge < -0.3 is 9.52 Å². The Labute approximate surface area is 225 Å². The van der Waals surface area contributed by atoms with Gasteiger partial charge in [-0.1, -0.05) is 103 Å². The predicted octanol–water partition coefficient (Wildman–Crippen LogP) is 7.02. The Bertz CT molecular complexity index is 1910. The van der Waals surface area contributed by atoms with Crippen molar-refractivity contribution in [1.82, 2.24) is 4.72 Å². The minimum atomic E-state index is -4.07. The van der Waals surface area contributed by atoms with Crippen LogP contribution in [-0.2, 0) is 14.8 Å². The first-order valence-corrected chi connectivity index (χ1v) is 13.8. The summed E-state index contributed by atoms with van der Waals surface area (Å²) in [5.74, 6) is -1.28. The molecule has 0 aliphatic heterocycles. The summed E-state index contributed by atoms with van der Waals surface area (Å²) in [5.41, 5.74) is 5.79. The number of sulfonamides is 1. The lowest BCUT2D eigenvalue weighted by molar-refractivity contribution is -0.139. The topological polar surface area (TPSA) is 96.6 Å². The van der Waals surface area contributed by atoms with Crippen molar-refractivity contribution in [2.75, 3.05) is 0 Å². The van der Waals surface area contributed by atoms with Crippen molar-refractivity contribution in [2.45, 2.75) is 10.9 Å². The van der Waals surface area contributed by atoms with Gasteiger partial charge in [-0.15, -0.1) is 0 Å². The smallest absolute Gasteiger partial charge is 0.326 e. The molecule has 6 aromatic rings. The molecule has 7 heteroatoms. The molecule has 0 aliphatic rings. The van der Waals surface area contributed by atoms with Gasteiger partial charge in [0.05, 0.1) is 4.90 Å². The summed E-state index contributed by atoms with van der Waals surface area (Å²) in [6.07, 6.45) is 0. The second kappa shape index (κ2) is 9.87. The van der Waals surface area contributed by atoms with E-state index in [1.807, 2.05) is 54.6 Å². The van der Waals surface area contributed by atoms with Gasteiger partial charge in [-0.2, -0.15) is 4.72 Å². The van der Waals surface area contributed by atoms with Gasteiger partial charge >= 0.3 is 5.97 Å². The van der Waals surface area contributed by atoms with E-state index >= 15 is 0 Å². The number of hydrogen-bond acceptors (Lipinski definition) is 4. The molecule has 1 atom stereocenters. The predicted molar refractivity (Wildman–Crippen MR) is 152 cm³/mol. The molecule has 0 amide bonds. The molecule has 0 spiro atoms. The number of aliphatic carboxylic acids is 1. The first kappa shape index (κ1) is 24.6. The van der Waals surface area contributed by atoms with Crippen LogP contribution in [0.15, 0.2) is 131 Å². The largest absolute Gasteiger partial charge is 0.480 e. The van der Waals surface area contributed by atoms with Gasteiger partial charge in [-0.25, -0.2) is 8.42 Å². The Morgan fingerprint density at radius 1 is 0.667 bits per heavy atom. The molecule has 6 nitrogen and oxygen atoms in total. The van der Waals surface area contributed by atoms with Gasteiger partial charge in [0, 0.05) is 16.3 Å². The molecule has 192 valence electrons.